The highest BCUT2D eigenvalue weighted by atomic mass is 32.1. The lowest BCUT2D eigenvalue weighted by Gasteiger charge is -2.14. The van der Waals surface area contributed by atoms with Crippen LogP contribution in [0.15, 0.2) is 12.1 Å². The second kappa shape index (κ2) is 25.3. The van der Waals surface area contributed by atoms with E-state index in [9.17, 15) is 0 Å². The Morgan fingerprint density at radius 2 is 0.812 bits per heavy atom. The third-order valence-corrected chi connectivity index (χ3v) is 7.80. The number of rotatable bonds is 21. The Labute approximate surface area is 208 Å². The Balaban J connectivity index is 0.00000115. The molecule has 190 valence electrons. The minimum Gasteiger partial charge on any atom is -0.146 e. The Kier molecular flexibility index (Phi) is 25.1. The van der Waals surface area contributed by atoms with Gasteiger partial charge in [0.25, 0.3) is 0 Å². The fourth-order valence-corrected chi connectivity index (χ4v) is 5.38. The average Bonchev–Trinajstić information content (AvgIpc) is 3.18. The number of hydrogen-bond acceptors (Lipinski definition) is 1. The molecule has 0 saturated heterocycles. The Morgan fingerprint density at radius 3 is 1.06 bits per heavy atom. The number of aryl methyl sites for hydroxylation is 2. The highest BCUT2D eigenvalue weighted by molar-refractivity contribution is 7.11. The second-order valence-corrected chi connectivity index (χ2v) is 11.7. The standard InChI is InChI=1S/C25H52.C6H8S/c1-4-7-9-11-13-15-16-18-20-22-24-25(6-3)23-21-19-17-14-12-10-8-5-2;1-5-3-4-6(2)7-5/h25H,4-24H2,1-3H3;3-4H,1-2H3. The topological polar surface area (TPSA) is 0 Å². The summed E-state index contributed by atoms with van der Waals surface area (Å²) in [6.07, 6.45) is 30.8. The maximum absolute atomic E-state index is 2.41. The van der Waals surface area contributed by atoms with Crippen LogP contribution in [0.1, 0.15) is 165 Å². The zero-order valence-corrected chi connectivity index (χ0v) is 23.8. The molecule has 1 heteroatoms. The van der Waals surface area contributed by atoms with Crippen LogP contribution in [0.3, 0.4) is 0 Å². The van der Waals surface area contributed by atoms with Crippen LogP contribution < -0.4 is 0 Å². The molecule has 1 atom stereocenters. The predicted molar refractivity (Wildman–Crippen MR) is 151 cm³/mol. The number of hydrogen-bond donors (Lipinski definition) is 0. The largest absolute Gasteiger partial charge is 0.146 e. The molecule has 0 fully saturated rings. The summed E-state index contributed by atoms with van der Waals surface area (Å²) < 4.78 is 0. The minimum absolute atomic E-state index is 1.02. The molecule has 0 spiro atoms. The summed E-state index contributed by atoms with van der Waals surface area (Å²) in [5.74, 6) is 1.02. The van der Waals surface area contributed by atoms with Crippen molar-refractivity contribution in [3.8, 4) is 0 Å². The molecular formula is C31H60S. The predicted octanol–water partition coefficient (Wildman–Crippen LogP) is 12.2. The van der Waals surface area contributed by atoms with E-state index in [2.05, 4.69) is 46.8 Å². The van der Waals surface area contributed by atoms with E-state index in [0.29, 0.717) is 0 Å². The summed E-state index contributed by atoms with van der Waals surface area (Å²) in [6, 6.07) is 4.28. The van der Waals surface area contributed by atoms with Crippen molar-refractivity contribution in [2.24, 2.45) is 5.92 Å². The third-order valence-electron chi connectivity index (χ3n) is 6.88. The smallest absolute Gasteiger partial charge is 0.00170 e. The first-order valence-electron chi connectivity index (χ1n) is 14.7. The molecule has 1 rings (SSSR count). The average molecular weight is 465 g/mol. The van der Waals surface area contributed by atoms with Crippen molar-refractivity contribution in [3.63, 3.8) is 0 Å². The van der Waals surface area contributed by atoms with E-state index in [1.165, 1.54) is 145 Å². The molecule has 0 N–H and O–H groups in total. The van der Waals surface area contributed by atoms with Crippen molar-refractivity contribution >= 4 is 11.3 Å². The molecule has 1 aromatic rings. The van der Waals surface area contributed by atoms with Crippen molar-refractivity contribution in [2.45, 2.75) is 169 Å². The van der Waals surface area contributed by atoms with Crippen LogP contribution in [0.5, 0.6) is 0 Å². The summed E-state index contributed by atoms with van der Waals surface area (Å²) in [7, 11) is 0. The lowest BCUT2D eigenvalue weighted by molar-refractivity contribution is 0.392. The zero-order chi connectivity index (χ0) is 23.7. The molecule has 0 nitrogen and oxygen atoms in total. The Bertz CT molecular complexity index is 444. The Hall–Kier alpha value is -0.300. The summed E-state index contributed by atoms with van der Waals surface area (Å²) in [5.41, 5.74) is 0. The van der Waals surface area contributed by atoms with Crippen molar-refractivity contribution in [1.82, 2.24) is 0 Å². The SMILES string of the molecule is CCCCCCCCCCCCC(CC)CCCCCCCCCC.Cc1ccc(C)s1. The number of thiophene rings is 1. The third kappa shape index (κ3) is 22.9. The molecule has 1 unspecified atom stereocenters. The van der Waals surface area contributed by atoms with Gasteiger partial charge >= 0.3 is 0 Å². The van der Waals surface area contributed by atoms with Gasteiger partial charge in [0.05, 0.1) is 0 Å². The van der Waals surface area contributed by atoms with Gasteiger partial charge in [-0.1, -0.05) is 156 Å². The van der Waals surface area contributed by atoms with Gasteiger partial charge in [0.2, 0.25) is 0 Å². The van der Waals surface area contributed by atoms with E-state index in [1.54, 1.807) is 0 Å². The van der Waals surface area contributed by atoms with Crippen LogP contribution in [0.2, 0.25) is 0 Å². The van der Waals surface area contributed by atoms with E-state index in [0.717, 1.165) is 5.92 Å². The van der Waals surface area contributed by atoms with Crippen LogP contribution in [0.25, 0.3) is 0 Å². The molecule has 1 aromatic heterocycles. The first-order valence-corrected chi connectivity index (χ1v) is 15.5. The fraction of sp³-hybridized carbons (Fsp3) is 0.871. The molecule has 0 aliphatic rings. The minimum atomic E-state index is 1.02. The van der Waals surface area contributed by atoms with Crippen LogP contribution in [-0.2, 0) is 0 Å². The maximum Gasteiger partial charge on any atom is 0.00170 e. The van der Waals surface area contributed by atoms with Crippen LogP contribution in [-0.4, -0.2) is 0 Å². The quantitative estimate of drug-likeness (QED) is 0.159. The molecule has 0 aromatic carbocycles. The first-order chi connectivity index (χ1) is 15.6. The second-order valence-electron chi connectivity index (χ2n) is 10.2. The first kappa shape index (κ1) is 31.7. The summed E-state index contributed by atoms with van der Waals surface area (Å²) in [4.78, 5) is 2.80. The monoisotopic (exact) mass is 464 g/mol. The van der Waals surface area contributed by atoms with E-state index in [-0.39, 0.29) is 0 Å². The van der Waals surface area contributed by atoms with Gasteiger partial charge in [-0.15, -0.1) is 11.3 Å². The highest BCUT2D eigenvalue weighted by Crippen LogP contribution is 2.22. The van der Waals surface area contributed by atoms with Gasteiger partial charge < -0.3 is 0 Å². The van der Waals surface area contributed by atoms with Crippen LogP contribution >= 0.6 is 11.3 Å². The van der Waals surface area contributed by atoms with Crippen molar-refractivity contribution in [3.05, 3.63) is 21.9 Å². The van der Waals surface area contributed by atoms with Gasteiger partial charge in [0, 0.05) is 9.75 Å². The highest BCUT2D eigenvalue weighted by Gasteiger charge is 2.06. The lowest BCUT2D eigenvalue weighted by Crippen LogP contribution is -1.99. The van der Waals surface area contributed by atoms with Gasteiger partial charge in [0.15, 0.2) is 0 Å². The van der Waals surface area contributed by atoms with Gasteiger partial charge in [-0.05, 0) is 31.9 Å². The molecule has 0 saturated carbocycles. The van der Waals surface area contributed by atoms with Gasteiger partial charge in [-0.3, -0.25) is 0 Å². The molecule has 0 bridgehead atoms. The lowest BCUT2D eigenvalue weighted by atomic mass is 9.92. The molecule has 0 amide bonds. The number of unbranched alkanes of at least 4 members (excludes halogenated alkanes) is 16. The Morgan fingerprint density at radius 1 is 0.500 bits per heavy atom. The fourth-order valence-electron chi connectivity index (χ4n) is 4.60. The van der Waals surface area contributed by atoms with Gasteiger partial charge in [-0.2, -0.15) is 0 Å². The van der Waals surface area contributed by atoms with E-state index in [4.69, 9.17) is 0 Å². The molecule has 32 heavy (non-hydrogen) atoms. The van der Waals surface area contributed by atoms with Crippen LogP contribution in [0.4, 0.5) is 0 Å². The van der Waals surface area contributed by atoms with E-state index in [1.807, 2.05) is 11.3 Å². The molecule has 0 aliphatic carbocycles. The summed E-state index contributed by atoms with van der Waals surface area (Å²) in [5, 5.41) is 0. The molecule has 0 aliphatic heterocycles. The summed E-state index contributed by atoms with van der Waals surface area (Å²) >= 11 is 1.84. The normalized spacial score (nSPS) is 11.9. The van der Waals surface area contributed by atoms with Crippen LogP contribution in [0, 0.1) is 19.8 Å². The molecule has 1 heterocycles. The van der Waals surface area contributed by atoms with Crippen molar-refractivity contribution < 1.29 is 0 Å². The molecular weight excluding hydrogens is 404 g/mol. The van der Waals surface area contributed by atoms with Gasteiger partial charge in [-0.25, -0.2) is 0 Å². The van der Waals surface area contributed by atoms with Crippen molar-refractivity contribution in [2.75, 3.05) is 0 Å². The maximum atomic E-state index is 2.41. The molecule has 0 radical (unpaired) electrons. The summed E-state index contributed by atoms with van der Waals surface area (Å²) in [6.45, 7) is 11.3. The van der Waals surface area contributed by atoms with E-state index < -0.39 is 0 Å². The van der Waals surface area contributed by atoms with Crippen molar-refractivity contribution in [1.29, 1.82) is 0 Å². The zero-order valence-electron chi connectivity index (χ0n) is 23.0. The van der Waals surface area contributed by atoms with Gasteiger partial charge in [0.1, 0.15) is 0 Å². The van der Waals surface area contributed by atoms with E-state index >= 15 is 0 Å².